The van der Waals surface area contributed by atoms with Crippen LogP contribution < -0.4 is 0 Å². The molecule has 0 atom stereocenters. The molecule has 0 aliphatic heterocycles. The Balaban J connectivity index is 1.37. The predicted molar refractivity (Wildman–Crippen MR) is 200 cm³/mol. The van der Waals surface area contributed by atoms with Crippen LogP contribution in [0, 0.1) is 0 Å². The summed E-state index contributed by atoms with van der Waals surface area (Å²) in [6.07, 6.45) is 3.69. The van der Waals surface area contributed by atoms with Gasteiger partial charge >= 0.3 is 0 Å². The lowest BCUT2D eigenvalue weighted by molar-refractivity contribution is 1.29. The van der Waals surface area contributed by atoms with Gasteiger partial charge in [0, 0.05) is 34.6 Å². The smallest absolute Gasteiger partial charge is 0.0979 e. The number of fused-ring (bicyclic) bond motifs is 3. The van der Waals surface area contributed by atoms with Gasteiger partial charge in [0.15, 0.2) is 0 Å². The molecule has 3 nitrogen and oxygen atoms in total. The summed E-state index contributed by atoms with van der Waals surface area (Å²) in [6.45, 7) is 0. The first-order valence-electron chi connectivity index (χ1n) is 16.2. The minimum Gasteiger partial charge on any atom is -0.264 e. The van der Waals surface area contributed by atoms with Gasteiger partial charge in [0.2, 0.25) is 0 Å². The maximum absolute atomic E-state index is 5.60. The third-order valence-electron chi connectivity index (χ3n) is 9.18. The molecule has 2 heterocycles. The molecule has 0 saturated carbocycles. The molecule has 0 fully saturated rings. The number of hydrogen-bond acceptors (Lipinski definition) is 3. The van der Waals surface area contributed by atoms with Crippen molar-refractivity contribution in [2.75, 3.05) is 0 Å². The molecule has 3 heteroatoms. The first-order valence-corrected chi connectivity index (χ1v) is 16.2. The minimum absolute atomic E-state index is 0.850. The Hall–Kier alpha value is -6.45. The summed E-state index contributed by atoms with van der Waals surface area (Å²) < 4.78 is 0. The largest absolute Gasteiger partial charge is 0.264 e. The summed E-state index contributed by atoms with van der Waals surface area (Å²) in [7, 11) is 0. The zero-order chi connectivity index (χ0) is 31.9. The van der Waals surface area contributed by atoms with E-state index in [-0.39, 0.29) is 0 Å². The van der Waals surface area contributed by atoms with Crippen LogP contribution in [0.25, 0.3) is 88.5 Å². The fraction of sp³-hybridized carbons (Fsp3) is 0. The molecule has 0 aliphatic rings. The highest BCUT2D eigenvalue weighted by molar-refractivity contribution is 6.10. The summed E-state index contributed by atoms with van der Waals surface area (Å²) in [4.78, 5) is 15.5. The summed E-state index contributed by atoms with van der Waals surface area (Å²) >= 11 is 0. The van der Waals surface area contributed by atoms with Crippen molar-refractivity contribution in [3.05, 3.63) is 176 Å². The normalized spacial score (nSPS) is 11.3. The van der Waals surface area contributed by atoms with Crippen LogP contribution in [0.5, 0.6) is 0 Å². The molecule has 0 N–H and O–H groups in total. The maximum Gasteiger partial charge on any atom is 0.0979 e. The number of hydrogen-bond donors (Lipinski definition) is 0. The zero-order valence-electron chi connectivity index (χ0n) is 26.1. The molecule has 0 spiro atoms. The number of benzene rings is 7. The maximum atomic E-state index is 5.60. The van der Waals surface area contributed by atoms with Crippen molar-refractivity contribution >= 4 is 32.6 Å². The third kappa shape index (κ3) is 4.81. The van der Waals surface area contributed by atoms with Gasteiger partial charge in [0.25, 0.3) is 0 Å². The minimum atomic E-state index is 0.850. The van der Waals surface area contributed by atoms with E-state index in [4.69, 9.17) is 9.97 Å². The van der Waals surface area contributed by atoms with Crippen molar-refractivity contribution in [1.29, 1.82) is 0 Å². The number of aromatic nitrogens is 3. The van der Waals surface area contributed by atoms with E-state index >= 15 is 0 Å². The second-order valence-electron chi connectivity index (χ2n) is 12.0. The van der Waals surface area contributed by atoms with Gasteiger partial charge in [-0.15, -0.1) is 0 Å². The lowest BCUT2D eigenvalue weighted by atomic mass is 9.91. The van der Waals surface area contributed by atoms with Crippen molar-refractivity contribution in [2.24, 2.45) is 0 Å². The topological polar surface area (TPSA) is 38.7 Å². The third-order valence-corrected chi connectivity index (χ3v) is 9.18. The average Bonchev–Trinajstić information content (AvgIpc) is 3.17. The van der Waals surface area contributed by atoms with E-state index < -0.39 is 0 Å². The molecule has 0 saturated heterocycles. The first kappa shape index (κ1) is 27.8. The number of rotatable bonds is 5. The van der Waals surface area contributed by atoms with Crippen LogP contribution in [0.2, 0.25) is 0 Å². The Morgan fingerprint density at radius 2 is 0.792 bits per heavy atom. The van der Waals surface area contributed by atoms with Crippen molar-refractivity contribution in [3.8, 4) is 55.9 Å². The molecule has 0 radical (unpaired) electrons. The Kier molecular flexibility index (Phi) is 6.80. The molecule has 0 amide bonds. The van der Waals surface area contributed by atoms with Crippen molar-refractivity contribution in [3.63, 3.8) is 0 Å². The predicted octanol–water partition coefficient (Wildman–Crippen LogP) is 11.7. The Morgan fingerprint density at radius 1 is 0.312 bits per heavy atom. The average molecular weight is 612 g/mol. The molecule has 48 heavy (non-hydrogen) atoms. The van der Waals surface area contributed by atoms with Gasteiger partial charge in [0.1, 0.15) is 0 Å². The van der Waals surface area contributed by atoms with Gasteiger partial charge in [-0.2, -0.15) is 0 Å². The molecule has 0 unspecified atom stereocenters. The van der Waals surface area contributed by atoms with Crippen molar-refractivity contribution in [1.82, 2.24) is 15.0 Å². The van der Waals surface area contributed by atoms with E-state index in [9.17, 15) is 0 Å². The van der Waals surface area contributed by atoms with Gasteiger partial charge in [-0.1, -0.05) is 158 Å². The molecule has 9 rings (SSSR count). The summed E-state index contributed by atoms with van der Waals surface area (Å²) in [5, 5.41) is 4.78. The van der Waals surface area contributed by atoms with E-state index in [0.717, 1.165) is 66.9 Å². The number of nitrogens with zero attached hydrogens (tertiary/aromatic N) is 3. The fourth-order valence-electron chi connectivity index (χ4n) is 6.84. The number of pyridine rings is 1. The lowest BCUT2D eigenvalue weighted by Crippen LogP contribution is -1.99. The highest BCUT2D eigenvalue weighted by Gasteiger charge is 2.20. The van der Waals surface area contributed by atoms with Gasteiger partial charge in [-0.05, 0) is 49.9 Å². The first-order chi connectivity index (χ1) is 23.8. The van der Waals surface area contributed by atoms with E-state index in [1.54, 1.807) is 6.20 Å². The van der Waals surface area contributed by atoms with E-state index in [2.05, 4.69) is 157 Å². The van der Waals surface area contributed by atoms with Crippen molar-refractivity contribution < 1.29 is 0 Å². The van der Waals surface area contributed by atoms with Crippen LogP contribution in [-0.4, -0.2) is 15.0 Å². The second-order valence-corrected chi connectivity index (χ2v) is 12.0. The van der Waals surface area contributed by atoms with E-state index in [0.29, 0.717) is 0 Å². The SMILES string of the molecule is c1ccc(-c2nc3c(-c4cccc5ccccc45)ccc(-c4cccc5ccccc45)c3nc2-c2ccc(-c3cccnc3)cc2)cc1. The highest BCUT2D eigenvalue weighted by Crippen LogP contribution is 2.42. The molecule has 0 bridgehead atoms. The monoisotopic (exact) mass is 611 g/mol. The molecular formula is C45H29N3. The van der Waals surface area contributed by atoms with Crippen LogP contribution in [0.4, 0.5) is 0 Å². The second kappa shape index (κ2) is 11.7. The van der Waals surface area contributed by atoms with Crippen LogP contribution in [0.1, 0.15) is 0 Å². The molecule has 7 aromatic carbocycles. The molecule has 224 valence electrons. The molecule has 0 aliphatic carbocycles. The van der Waals surface area contributed by atoms with Crippen LogP contribution in [0.3, 0.4) is 0 Å². The van der Waals surface area contributed by atoms with E-state index in [1.165, 1.54) is 21.5 Å². The van der Waals surface area contributed by atoms with Crippen LogP contribution in [-0.2, 0) is 0 Å². The lowest BCUT2D eigenvalue weighted by Gasteiger charge is -2.17. The van der Waals surface area contributed by atoms with Gasteiger partial charge in [-0.25, -0.2) is 9.97 Å². The van der Waals surface area contributed by atoms with Crippen molar-refractivity contribution in [2.45, 2.75) is 0 Å². The Bertz CT molecular complexity index is 2580. The van der Waals surface area contributed by atoms with Gasteiger partial charge in [0.05, 0.1) is 22.4 Å². The standard InChI is InChI=1S/C45H29N3/c1-2-13-33(14-3-1)42-43(34-24-22-30(23-25-34)35-17-10-28-46-29-35)48-45-41(39-21-9-16-32-12-5-7-19-37(32)39)27-26-40(44(45)47-42)38-20-8-15-31-11-4-6-18-36(31)38/h1-29H. The van der Waals surface area contributed by atoms with Gasteiger partial charge < -0.3 is 0 Å². The van der Waals surface area contributed by atoms with E-state index in [1.807, 2.05) is 18.3 Å². The summed E-state index contributed by atoms with van der Waals surface area (Å²) in [6, 6.07) is 57.6. The highest BCUT2D eigenvalue weighted by atomic mass is 14.8. The quantitative estimate of drug-likeness (QED) is 0.194. The fourth-order valence-corrected chi connectivity index (χ4v) is 6.84. The summed E-state index contributed by atoms with van der Waals surface area (Å²) in [5.74, 6) is 0. The molecule has 9 aromatic rings. The Labute approximate surface area is 278 Å². The van der Waals surface area contributed by atoms with Crippen LogP contribution >= 0.6 is 0 Å². The summed E-state index contributed by atoms with van der Waals surface area (Å²) in [5.41, 5.74) is 12.1. The van der Waals surface area contributed by atoms with Gasteiger partial charge in [-0.3, -0.25) is 4.98 Å². The van der Waals surface area contributed by atoms with Crippen LogP contribution in [0.15, 0.2) is 176 Å². The Morgan fingerprint density at radius 3 is 1.35 bits per heavy atom. The molecule has 2 aromatic heterocycles. The zero-order valence-corrected chi connectivity index (χ0v) is 26.1. The molecular weight excluding hydrogens is 583 g/mol.